The quantitative estimate of drug-likeness (QED) is 0.556. The topological polar surface area (TPSA) is 88.0 Å². The Kier molecular flexibility index (Phi) is 5.43. The molecule has 29 heavy (non-hydrogen) atoms. The van der Waals surface area contributed by atoms with Crippen LogP contribution in [0.25, 0.3) is 21.9 Å². The van der Waals surface area contributed by atoms with Crippen LogP contribution in [0.5, 0.6) is 11.5 Å². The first-order chi connectivity index (χ1) is 14.0. The smallest absolute Gasteiger partial charge is 0.260 e. The number of halogens is 1. The zero-order chi connectivity index (χ0) is 20.5. The summed E-state index contributed by atoms with van der Waals surface area (Å²) in [6, 6.07) is 5.69. The number of fused-ring (bicyclic) bond motifs is 3. The molecular weight excluding hydrogens is 454 g/mol. The minimum atomic E-state index is -0.183. The lowest BCUT2D eigenvalue weighted by molar-refractivity contribution is 0.354. The van der Waals surface area contributed by atoms with Crippen molar-refractivity contribution in [2.75, 3.05) is 14.2 Å². The third-order valence-corrected chi connectivity index (χ3v) is 6.88. The Labute approximate surface area is 179 Å². The Morgan fingerprint density at radius 1 is 1.28 bits per heavy atom. The van der Waals surface area contributed by atoms with E-state index in [1.807, 2.05) is 0 Å². The first-order valence-electron chi connectivity index (χ1n) is 9.14. The second-order valence-electron chi connectivity index (χ2n) is 6.70. The van der Waals surface area contributed by atoms with Gasteiger partial charge in [-0.25, -0.2) is 4.98 Å². The van der Waals surface area contributed by atoms with Crippen molar-refractivity contribution in [3.63, 3.8) is 0 Å². The van der Waals surface area contributed by atoms with E-state index in [-0.39, 0.29) is 17.0 Å². The van der Waals surface area contributed by atoms with Crippen LogP contribution in [-0.2, 0) is 12.8 Å². The number of nitriles is 1. The van der Waals surface area contributed by atoms with Gasteiger partial charge in [-0.2, -0.15) is 5.26 Å². The maximum absolute atomic E-state index is 12.8. The van der Waals surface area contributed by atoms with E-state index < -0.39 is 0 Å². The first kappa shape index (κ1) is 19.7. The van der Waals surface area contributed by atoms with Crippen LogP contribution in [0.3, 0.4) is 0 Å². The molecule has 0 fully saturated rings. The third-order valence-electron chi connectivity index (χ3n) is 5.00. The number of ether oxygens (including phenoxy) is 2. The summed E-state index contributed by atoms with van der Waals surface area (Å²) in [4.78, 5) is 22.1. The number of nitrogens with one attached hydrogen (secondary N) is 1. The molecule has 0 spiro atoms. The van der Waals surface area contributed by atoms with Gasteiger partial charge in [-0.3, -0.25) is 4.79 Å². The van der Waals surface area contributed by atoms with Crippen LogP contribution in [0.4, 0.5) is 0 Å². The van der Waals surface area contributed by atoms with Crippen molar-refractivity contribution in [1.29, 1.82) is 5.26 Å². The van der Waals surface area contributed by atoms with Gasteiger partial charge in [0.1, 0.15) is 10.9 Å². The molecule has 3 aromatic rings. The highest BCUT2D eigenvalue weighted by Gasteiger charge is 2.20. The Morgan fingerprint density at radius 2 is 2.00 bits per heavy atom. The van der Waals surface area contributed by atoms with Gasteiger partial charge >= 0.3 is 0 Å². The van der Waals surface area contributed by atoms with Crippen LogP contribution in [0.1, 0.15) is 34.7 Å². The molecule has 1 aliphatic carbocycles. The van der Waals surface area contributed by atoms with E-state index >= 15 is 0 Å². The van der Waals surface area contributed by atoms with Crippen LogP contribution in [0.15, 0.2) is 21.4 Å². The molecule has 4 rings (SSSR count). The molecule has 0 atom stereocenters. The lowest BCUT2D eigenvalue weighted by Gasteiger charge is -2.10. The molecule has 0 unspecified atom stereocenters. The number of thiophene rings is 1. The summed E-state index contributed by atoms with van der Waals surface area (Å²) in [5.41, 5.74) is 1.93. The maximum atomic E-state index is 12.8. The number of benzene rings is 1. The van der Waals surface area contributed by atoms with Crippen molar-refractivity contribution in [2.24, 2.45) is 0 Å². The number of rotatable bonds is 4. The summed E-state index contributed by atoms with van der Waals surface area (Å²) in [6.07, 6.45) is 5.81. The molecule has 0 amide bonds. The van der Waals surface area contributed by atoms with Gasteiger partial charge in [0.25, 0.3) is 5.56 Å². The number of aromatic nitrogens is 2. The average molecular weight is 472 g/mol. The van der Waals surface area contributed by atoms with Crippen molar-refractivity contribution in [2.45, 2.75) is 25.7 Å². The van der Waals surface area contributed by atoms with Crippen LogP contribution < -0.4 is 15.0 Å². The summed E-state index contributed by atoms with van der Waals surface area (Å²) >= 11 is 5.06. The summed E-state index contributed by atoms with van der Waals surface area (Å²) in [5.74, 6) is 1.39. The standard InChI is InChI=1S/C21H18BrN3O3S/c1-27-15-8-11(14(22)9-16(15)28-2)7-12(10-23)19-24-20(26)18-13-5-3-4-6-17(13)29-21(18)25-19/h7-9H,3-6H2,1-2H3,(H,24,25,26)/b12-7+. The maximum Gasteiger partial charge on any atom is 0.260 e. The van der Waals surface area contributed by atoms with Gasteiger partial charge in [0.05, 0.1) is 25.2 Å². The normalized spacial score (nSPS) is 13.8. The Morgan fingerprint density at radius 3 is 2.72 bits per heavy atom. The number of hydrogen-bond acceptors (Lipinski definition) is 6. The van der Waals surface area contributed by atoms with Crippen molar-refractivity contribution in [3.8, 4) is 17.6 Å². The minimum Gasteiger partial charge on any atom is -0.493 e. The fraction of sp³-hybridized carbons (Fsp3) is 0.286. The monoisotopic (exact) mass is 471 g/mol. The predicted octanol–water partition coefficient (Wildman–Crippen LogP) is 4.71. The molecule has 6 nitrogen and oxygen atoms in total. The number of H-pyrrole nitrogens is 1. The molecule has 0 aliphatic heterocycles. The second-order valence-corrected chi connectivity index (χ2v) is 8.64. The molecule has 2 heterocycles. The summed E-state index contributed by atoms with van der Waals surface area (Å²) < 4.78 is 11.4. The number of hydrogen-bond donors (Lipinski definition) is 1. The van der Waals surface area contributed by atoms with Gasteiger partial charge in [-0.05, 0) is 55.0 Å². The Bertz CT molecular complexity index is 1240. The van der Waals surface area contributed by atoms with Crippen molar-refractivity contribution < 1.29 is 9.47 Å². The third kappa shape index (κ3) is 3.56. The SMILES string of the molecule is COc1cc(Br)c(/C=C(\C#N)c2nc3sc4c(c3c(=O)[nH]2)CCCC4)cc1OC. The van der Waals surface area contributed by atoms with Crippen molar-refractivity contribution >= 4 is 49.1 Å². The zero-order valence-corrected chi connectivity index (χ0v) is 18.4. The molecule has 0 saturated heterocycles. The number of allylic oxidation sites excluding steroid dienone is 1. The van der Waals surface area contributed by atoms with E-state index in [1.165, 1.54) is 4.88 Å². The molecule has 0 saturated carbocycles. The summed E-state index contributed by atoms with van der Waals surface area (Å²) in [6.45, 7) is 0. The van der Waals surface area contributed by atoms with E-state index in [1.54, 1.807) is 43.8 Å². The van der Waals surface area contributed by atoms with Gasteiger partial charge in [0.15, 0.2) is 17.3 Å². The van der Waals surface area contributed by atoms with E-state index in [9.17, 15) is 10.1 Å². The van der Waals surface area contributed by atoms with Gasteiger partial charge in [-0.15, -0.1) is 11.3 Å². The molecule has 0 radical (unpaired) electrons. The lowest BCUT2D eigenvalue weighted by atomic mass is 9.97. The molecule has 8 heteroatoms. The highest BCUT2D eigenvalue weighted by Crippen LogP contribution is 2.36. The van der Waals surface area contributed by atoms with E-state index in [2.05, 4.69) is 32.0 Å². The van der Waals surface area contributed by atoms with Crippen LogP contribution in [0.2, 0.25) is 0 Å². The second kappa shape index (κ2) is 8.01. The van der Waals surface area contributed by atoms with E-state index in [4.69, 9.17) is 9.47 Å². The van der Waals surface area contributed by atoms with Crippen LogP contribution in [0, 0.1) is 11.3 Å². The number of aromatic amines is 1. The molecule has 2 aromatic heterocycles. The van der Waals surface area contributed by atoms with Gasteiger partial charge in [-0.1, -0.05) is 15.9 Å². The first-order valence-corrected chi connectivity index (χ1v) is 10.7. The minimum absolute atomic E-state index is 0.183. The van der Waals surface area contributed by atoms with E-state index in [0.29, 0.717) is 27.3 Å². The van der Waals surface area contributed by atoms with Crippen molar-refractivity contribution in [3.05, 3.63) is 48.8 Å². The van der Waals surface area contributed by atoms with E-state index in [0.717, 1.165) is 35.7 Å². The Balaban J connectivity index is 1.84. The molecule has 148 valence electrons. The summed E-state index contributed by atoms with van der Waals surface area (Å²) in [7, 11) is 3.11. The summed E-state index contributed by atoms with van der Waals surface area (Å²) in [5, 5.41) is 10.4. The highest BCUT2D eigenvalue weighted by atomic mass is 79.9. The highest BCUT2D eigenvalue weighted by molar-refractivity contribution is 9.10. The fourth-order valence-electron chi connectivity index (χ4n) is 3.58. The van der Waals surface area contributed by atoms with Gasteiger partial charge in [0, 0.05) is 9.35 Å². The van der Waals surface area contributed by atoms with Gasteiger partial charge in [0.2, 0.25) is 0 Å². The molecule has 1 aliphatic rings. The number of methoxy groups -OCH3 is 2. The number of aryl methyl sites for hydroxylation is 2. The molecular formula is C21H18BrN3O3S. The molecule has 0 bridgehead atoms. The van der Waals surface area contributed by atoms with Crippen molar-refractivity contribution in [1.82, 2.24) is 9.97 Å². The molecule has 1 N–H and O–H groups in total. The fourth-order valence-corrected chi connectivity index (χ4v) is 5.28. The largest absolute Gasteiger partial charge is 0.493 e. The van der Waals surface area contributed by atoms with Crippen LogP contribution in [-0.4, -0.2) is 24.2 Å². The predicted molar refractivity (Wildman–Crippen MR) is 118 cm³/mol. The number of nitrogens with zero attached hydrogens (tertiary/aromatic N) is 2. The Hall–Kier alpha value is -2.63. The molecule has 1 aromatic carbocycles. The zero-order valence-electron chi connectivity index (χ0n) is 16.0. The average Bonchev–Trinajstić information content (AvgIpc) is 3.11. The van der Waals surface area contributed by atoms with Gasteiger partial charge < -0.3 is 14.5 Å². The van der Waals surface area contributed by atoms with Crippen LogP contribution >= 0.6 is 27.3 Å². The lowest BCUT2D eigenvalue weighted by Crippen LogP contribution is -2.12.